The van der Waals surface area contributed by atoms with Gasteiger partial charge in [-0.1, -0.05) is 11.8 Å². The Labute approximate surface area is 113 Å². The Balaban J connectivity index is 1.96. The summed E-state index contributed by atoms with van der Waals surface area (Å²) in [5, 5.41) is 18.4. The van der Waals surface area contributed by atoms with Crippen LogP contribution >= 0.6 is 11.6 Å². The van der Waals surface area contributed by atoms with E-state index in [9.17, 15) is 5.11 Å². The second-order valence-corrected chi connectivity index (χ2v) is 6.29. The molecule has 0 amide bonds. The Bertz CT molecular complexity index is 356. The molecular weight excluding hydrogens is 252 g/mol. The molecule has 5 unspecified atom stereocenters. The summed E-state index contributed by atoms with van der Waals surface area (Å²) in [6.45, 7) is 4.11. The molecule has 0 aliphatic heterocycles. The molecule has 0 heterocycles. The van der Waals surface area contributed by atoms with Crippen molar-refractivity contribution in [2.24, 2.45) is 17.8 Å². The number of hydrogen-bond acceptors (Lipinski definition) is 3. The van der Waals surface area contributed by atoms with Crippen LogP contribution in [0.5, 0.6) is 0 Å². The Morgan fingerprint density at radius 1 is 1.39 bits per heavy atom. The average Bonchev–Trinajstić information content (AvgIpc) is 2.86. The molecule has 2 fully saturated rings. The maximum Gasteiger partial charge on any atom is 0.123 e. The van der Waals surface area contributed by atoms with Gasteiger partial charge in [0.05, 0.1) is 24.7 Å². The maximum absolute atomic E-state index is 9.82. The van der Waals surface area contributed by atoms with Crippen LogP contribution in [0, 0.1) is 29.6 Å². The summed E-state index contributed by atoms with van der Waals surface area (Å²) in [5.74, 6) is 7.30. The fourth-order valence-corrected chi connectivity index (χ4v) is 3.51. The molecule has 3 nitrogen and oxygen atoms in total. The van der Waals surface area contributed by atoms with Gasteiger partial charge in [-0.3, -0.25) is 0 Å². The van der Waals surface area contributed by atoms with Crippen LogP contribution in [0.4, 0.5) is 0 Å². The fraction of sp³-hybridized carbons (Fsp3) is 0.857. The van der Waals surface area contributed by atoms with Gasteiger partial charge < -0.3 is 14.9 Å². The largest absolute Gasteiger partial charge is 0.394 e. The van der Waals surface area contributed by atoms with Gasteiger partial charge in [-0.15, -0.1) is 11.6 Å². The van der Waals surface area contributed by atoms with Gasteiger partial charge in [0, 0.05) is 5.92 Å². The van der Waals surface area contributed by atoms with Crippen molar-refractivity contribution in [1.29, 1.82) is 0 Å². The van der Waals surface area contributed by atoms with E-state index >= 15 is 0 Å². The molecule has 2 aliphatic rings. The Morgan fingerprint density at radius 2 is 2.11 bits per heavy atom. The van der Waals surface area contributed by atoms with Gasteiger partial charge in [0.15, 0.2) is 0 Å². The number of fused-ring (bicyclic) bond motifs is 2. The van der Waals surface area contributed by atoms with Gasteiger partial charge >= 0.3 is 0 Å². The van der Waals surface area contributed by atoms with Crippen LogP contribution in [0.2, 0.25) is 0 Å². The summed E-state index contributed by atoms with van der Waals surface area (Å²) in [6.07, 6.45) is 1.58. The number of rotatable bonds is 3. The van der Waals surface area contributed by atoms with Crippen LogP contribution in [0.15, 0.2) is 0 Å². The standard InChI is InChI=1S/C14H21ClO3/c1-14(2,18-6-5-16)4-3-9-7-10-8-11(9)12(15)13(10)17/h9-13,16-17H,5-8H2,1-2H3. The first-order chi connectivity index (χ1) is 8.44. The minimum Gasteiger partial charge on any atom is -0.394 e. The highest BCUT2D eigenvalue weighted by molar-refractivity contribution is 6.21. The number of hydrogen-bond donors (Lipinski definition) is 2. The molecule has 0 spiro atoms. The van der Waals surface area contributed by atoms with E-state index in [1.165, 1.54) is 0 Å². The Morgan fingerprint density at radius 3 is 2.67 bits per heavy atom. The van der Waals surface area contributed by atoms with Crippen molar-refractivity contribution >= 4 is 11.6 Å². The minimum atomic E-state index is -0.537. The van der Waals surface area contributed by atoms with Crippen molar-refractivity contribution in [1.82, 2.24) is 0 Å². The van der Waals surface area contributed by atoms with Crippen LogP contribution in [0.25, 0.3) is 0 Å². The van der Waals surface area contributed by atoms with Crippen LogP contribution in [0.1, 0.15) is 26.7 Å². The van der Waals surface area contributed by atoms with E-state index in [-0.39, 0.29) is 24.0 Å². The summed E-state index contributed by atoms with van der Waals surface area (Å²) in [6, 6.07) is 0. The van der Waals surface area contributed by atoms with Crippen molar-refractivity contribution in [3.63, 3.8) is 0 Å². The summed E-state index contributed by atoms with van der Waals surface area (Å²) < 4.78 is 5.46. The smallest absolute Gasteiger partial charge is 0.123 e. The first-order valence-corrected chi connectivity index (χ1v) is 6.98. The van der Waals surface area contributed by atoms with Crippen LogP contribution in [-0.2, 0) is 4.74 Å². The third kappa shape index (κ3) is 2.83. The summed E-state index contributed by atoms with van der Waals surface area (Å²) >= 11 is 6.21. The van der Waals surface area contributed by atoms with Crippen molar-refractivity contribution < 1.29 is 14.9 Å². The third-order valence-corrected chi connectivity index (χ3v) is 4.56. The van der Waals surface area contributed by atoms with Crippen LogP contribution < -0.4 is 0 Å². The van der Waals surface area contributed by atoms with Crippen molar-refractivity contribution in [2.45, 2.75) is 43.8 Å². The number of aliphatic hydroxyl groups excluding tert-OH is 2. The highest BCUT2D eigenvalue weighted by Crippen LogP contribution is 2.50. The van der Waals surface area contributed by atoms with Gasteiger partial charge in [-0.05, 0) is 38.5 Å². The molecule has 2 bridgehead atoms. The van der Waals surface area contributed by atoms with Crippen LogP contribution in [0.3, 0.4) is 0 Å². The topological polar surface area (TPSA) is 49.7 Å². The van der Waals surface area contributed by atoms with E-state index in [0.29, 0.717) is 18.4 Å². The maximum atomic E-state index is 9.82. The lowest BCUT2D eigenvalue weighted by molar-refractivity contribution is 0.00584. The molecule has 0 saturated heterocycles. The molecule has 2 rings (SSSR count). The number of halogens is 1. The molecule has 5 atom stereocenters. The van der Waals surface area contributed by atoms with Gasteiger partial charge in [0.25, 0.3) is 0 Å². The van der Waals surface area contributed by atoms with E-state index < -0.39 is 5.60 Å². The highest BCUT2D eigenvalue weighted by atomic mass is 35.5. The van der Waals surface area contributed by atoms with Gasteiger partial charge in [0.2, 0.25) is 0 Å². The zero-order valence-electron chi connectivity index (χ0n) is 10.9. The molecule has 18 heavy (non-hydrogen) atoms. The molecule has 0 aromatic heterocycles. The minimum absolute atomic E-state index is 0.00911. The molecule has 2 saturated carbocycles. The van der Waals surface area contributed by atoms with Gasteiger partial charge in [0.1, 0.15) is 5.60 Å². The predicted molar refractivity (Wildman–Crippen MR) is 70.2 cm³/mol. The average molecular weight is 273 g/mol. The Kier molecular flexibility index (Phi) is 4.23. The molecule has 2 aliphatic carbocycles. The van der Waals surface area contributed by atoms with E-state index in [0.717, 1.165) is 12.8 Å². The number of alkyl halides is 1. The van der Waals surface area contributed by atoms with E-state index in [1.54, 1.807) is 0 Å². The monoisotopic (exact) mass is 272 g/mol. The van der Waals surface area contributed by atoms with Crippen molar-refractivity contribution in [3.05, 3.63) is 0 Å². The van der Waals surface area contributed by atoms with Crippen LogP contribution in [-0.4, -0.2) is 40.5 Å². The lowest BCUT2D eigenvalue weighted by Crippen LogP contribution is -2.32. The fourth-order valence-electron chi connectivity index (χ4n) is 3.02. The Hall–Kier alpha value is -0.270. The van der Waals surface area contributed by atoms with E-state index in [1.807, 2.05) is 13.8 Å². The molecular formula is C14H21ClO3. The molecule has 4 heteroatoms. The number of aliphatic hydroxyl groups is 2. The first kappa shape index (κ1) is 14.1. The normalized spacial score (nSPS) is 38.6. The molecule has 2 N–H and O–H groups in total. The molecule has 0 aromatic rings. The van der Waals surface area contributed by atoms with Gasteiger partial charge in [-0.2, -0.15) is 0 Å². The van der Waals surface area contributed by atoms with E-state index in [4.69, 9.17) is 21.4 Å². The quantitative estimate of drug-likeness (QED) is 0.603. The summed E-state index contributed by atoms with van der Waals surface area (Å²) in [4.78, 5) is 0. The summed E-state index contributed by atoms with van der Waals surface area (Å²) in [7, 11) is 0. The van der Waals surface area contributed by atoms with Crippen molar-refractivity contribution in [2.75, 3.05) is 13.2 Å². The van der Waals surface area contributed by atoms with Gasteiger partial charge in [-0.25, -0.2) is 0 Å². The lowest BCUT2D eigenvalue weighted by Gasteiger charge is -2.26. The second-order valence-electron chi connectivity index (χ2n) is 5.79. The van der Waals surface area contributed by atoms with E-state index in [2.05, 4.69) is 11.8 Å². The molecule has 0 radical (unpaired) electrons. The van der Waals surface area contributed by atoms with Crippen molar-refractivity contribution in [3.8, 4) is 11.8 Å². The molecule has 102 valence electrons. The predicted octanol–water partition coefficient (Wildman–Crippen LogP) is 1.40. The SMILES string of the molecule is CC(C)(C#CC1CC2CC1C(Cl)C2O)OCCO. The molecule has 0 aromatic carbocycles. The zero-order chi connectivity index (χ0) is 13.3. The summed E-state index contributed by atoms with van der Waals surface area (Å²) in [5.41, 5.74) is -0.537. The second kappa shape index (κ2) is 5.38. The third-order valence-electron chi connectivity index (χ3n) is 3.98. The highest BCUT2D eigenvalue weighted by Gasteiger charge is 2.51. The first-order valence-electron chi connectivity index (χ1n) is 6.54. The zero-order valence-corrected chi connectivity index (χ0v) is 11.7. The number of ether oxygens (including phenoxy) is 1. The lowest BCUT2D eigenvalue weighted by atomic mass is 9.87.